The van der Waals surface area contributed by atoms with Gasteiger partial charge >= 0.3 is 0 Å². The van der Waals surface area contributed by atoms with Crippen LogP contribution in [0.5, 0.6) is 0 Å². The Bertz CT molecular complexity index is 264. The van der Waals surface area contributed by atoms with E-state index in [1.165, 1.54) is 5.57 Å². The van der Waals surface area contributed by atoms with Gasteiger partial charge in [-0.2, -0.15) is 0 Å². The maximum Gasteiger partial charge on any atom is 0.0557 e. The van der Waals surface area contributed by atoms with Crippen molar-refractivity contribution in [3.63, 3.8) is 0 Å². The highest BCUT2D eigenvalue weighted by molar-refractivity contribution is 5.35. The van der Waals surface area contributed by atoms with E-state index in [1.54, 1.807) is 0 Å². The second kappa shape index (κ2) is 2.94. The smallest absolute Gasteiger partial charge is 0.0557 e. The molecular weight excluding hydrogens is 164 g/mol. The summed E-state index contributed by atoms with van der Waals surface area (Å²) < 4.78 is 5.13. The molecule has 3 nitrogen and oxygen atoms in total. The second-order valence-corrected chi connectivity index (χ2v) is 4.13. The third kappa shape index (κ3) is 1.55. The summed E-state index contributed by atoms with van der Waals surface area (Å²) in [7, 11) is 0. The van der Waals surface area contributed by atoms with Crippen molar-refractivity contribution in [1.82, 2.24) is 0 Å². The first-order valence-corrected chi connectivity index (χ1v) is 4.63. The fourth-order valence-corrected chi connectivity index (χ4v) is 1.53. The highest BCUT2D eigenvalue weighted by Gasteiger charge is 2.29. The lowest BCUT2D eigenvalue weighted by molar-refractivity contribution is -0.0121. The Kier molecular flexibility index (Phi) is 2.02. The zero-order valence-electron chi connectivity index (χ0n) is 7.86. The van der Waals surface area contributed by atoms with Gasteiger partial charge in [0.25, 0.3) is 0 Å². The van der Waals surface area contributed by atoms with Crippen molar-refractivity contribution >= 4 is 0 Å². The van der Waals surface area contributed by atoms with Crippen LogP contribution in [0.1, 0.15) is 6.92 Å². The molecule has 0 radical (unpaired) electrons. The lowest BCUT2D eigenvalue weighted by Crippen LogP contribution is -2.52. The Hall–Kier alpha value is -0.640. The van der Waals surface area contributed by atoms with Crippen LogP contribution >= 0.6 is 0 Å². The predicted octanol–water partition coefficient (Wildman–Crippen LogP) is 0.174. The summed E-state index contributed by atoms with van der Waals surface area (Å²) in [4.78, 5) is 0. The Balaban J connectivity index is 2.12. The number of nitrogens with two attached hydrogens (primary N) is 2. The van der Waals surface area contributed by atoms with E-state index in [0.717, 1.165) is 13.2 Å². The monoisotopic (exact) mass is 180 g/mol. The molecule has 4 N–H and O–H groups in total. The van der Waals surface area contributed by atoms with Crippen molar-refractivity contribution in [2.75, 3.05) is 13.2 Å². The lowest BCUT2D eigenvalue weighted by atomic mass is 9.83. The van der Waals surface area contributed by atoms with Gasteiger partial charge in [0, 0.05) is 12.0 Å². The van der Waals surface area contributed by atoms with Gasteiger partial charge in [-0.05, 0) is 12.5 Å². The molecule has 0 aromatic rings. The van der Waals surface area contributed by atoms with E-state index in [0.29, 0.717) is 5.92 Å². The normalized spacial score (nSPS) is 39.9. The maximum atomic E-state index is 5.96. The molecule has 0 aromatic heterocycles. The minimum Gasteiger partial charge on any atom is -0.380 e. The van der Waals surface area contributed by atoms with Gasteiger partial charge in [0.05, 0.1) is 18.8 Å². The van der Waals surface area contributed by atoms with Gasteiger partial charge in [-0.25, -0.2) is 0 Å². The Morgan fingerprint density at radius 1 is 1.54 bits per heavy atom. The molecule has 13 heavy (non-hydrogen) atoms. The number of ether oxygens (including phenoxy) is 1. The first kappa shape index (κ1) is 8.94. The van der Waals surface area contributed by atoms with E-state index < -0.39 is 5.54 Å². The van der Waals surface area contributed by atoms with Crippen molar-refractivity contribution in [3.8, 4) is 0 Å². The average molecular weight is 180 g/mol. The zero-order valence-corrected chi connectivity index (χ0v) is 7.86. The fraction of sp³-hybridized carbons (Fsp3) is 0.600. The van der Waals surface area contributed by atoms with Crippen LogP contribution in [0.2, 0.25) is 0 Å². The SMILES string of the molecule is CC1(N)C=CC(C2COC2)=CC1N. The highest BCUT2D eigenvalue weighted by atomic mass is 16.5. The van der Waals surface area contributed by atoms with Crippen molar-refractivity contribution < 1.29 is 4.74 Å². The van der Waals surface area contributed by atoms with Crippen molar-refractivity contribution in [2.24, 2.45) is 17.4 Å². The maximum absolute atomic E-state index is 5.96. The topological polar surface area (TPSA) is 61.3 Å². The van der Waals surface area contributed by atoms with Crippen LogP contribution in [0.4, 0.5) is 0 Å². The van der Waals surface area contributed by atoms with Crippen LogP contribution < -0.4 is 11.5 Å². The molecule has 1 heterocycles. The minimum absolute atomic E-state index is 0.0758. The number of allylic oxidation sites excluding steroid dienone is 1. The molecule has 2 aliphatic rings. The van der Waals surface area contributed by atoms with Crippen LogP contribution in [0.3, 0.4) is 0 Å². The minimum atomic E-state index is -0.395. The van der Waals surface area contributed by atoms with Gasteiger partial charge in [0.1, 0.15) is 0 Å². The van der Waals surface area contributed by atoms with E-state index in [9.17, 15) is 0 Å². The Morgan fingerprint density at radius 2 is 2.23 bits per heavy atom. The Labute approximate surface area is 78.4 Å². The Morgan fingerprint density at radius 3 is 2.69 bits per heavy atom. The number of hydrogen-bond acceptors (Lipinski definition) is 3. The molecular formula is C10H16N2O. The van der Waals surface area contributed by atoms with E-state index in [1.807, 2.05) is 13.0 Å². The third-order valence-electron chi connectivity index (χ3n) is 2.83. The quantitative estimate of drug-likeness (QED) is 0.605. The zero-order chi connectivity index (χ0) is 9.47. The van der Waals surface area contributed by atoms with Gasteiger partial charge in [-0.1, -0.05) is 18.2 Å². The fourth-order valence-electron chi connectivity index (χ4n) is 1.53. The summed E-state index contributed by atoms with van der Waals surface area (Å²) >= 11 is 0. The third-order valence-corrected chi connectivity index (χ3v) is 2.83. The molecule has 0 saturated carbocycles. The summed E-state index contributed by atoms with van der Waals surface area (Å²) in [5, 5.41) is 0. The molecule has 2 unspecified atom stereocenters. The van der Waals surface area contributed by atoms with Crippen LogP contribution in [-0.4, -0.2) is 24.8 Å². The molecule has 0 aromatic carbocycles. The molecule has 2 atom stereocenters. The largest absolute Gasteiger partial charge is 0.380 e. The summed E-state index contributed by atoms with van der Waals surface area (Å²) in [5.74, 6) is 0.540. The number of hydrogen-bond donors (Lipinski definition) is 2. The first-order chi connectivity index (χ1) is 6.09. The van der Waals surface area contributed by atoms with Crippen molar-refractivity contribution in [3.05, 3.63) is 23.8 Å². The van der Waals surface area contributed by atoms with Crippen molar-refractivity contribution in [2.45, 2.75) is 18.5 Å². The standard InChI is InChI=1S/C10H16N2O/c1-10(12)3-2-7(4-9(10)11)8-5-13-6-8/h2-4,8-9H,5-6,11-12H2,1H3. The van der Waals surface area contributed by atoms with Gasteiger partial charge in [-0.15, -0.1) is 0 Å². The second-order valence-electron chi connectivity index (χ2n) is 4.13. The van der Waals surface area contributed by atoms with Crippen LogP contribution in [0.15, 0.2) is 23.8 Å². The van der Waals surface area contributed by atoms with E-state index in [4.69, 9.17) is 16.2 Å². The lowest BCUT2D eigenvalue weighted by Gasteiger charge is -2.34. The van der Waals surface area contributed by atoms with Gasteiger partial charge in [-0.3, -0.25) is 0 Å². The average Bonchev–Trinajstić information content (AvgIpc) is 1.94. The summed E-state index contributed by atoms with van der Waals surface area (Å²) in [6.07, 6.45) is 6.13. The van der Waals surface area contributed by atoms with Gasteiger partial charge < -0.3 is 16.2 Å². The molecule has 72 valence electrons. The molecule has 3 heteroatoms. The van der Waals surface area contributed by atoms with Gasteiger partial charge in [0.15, 0.2) is 0 Å². The van der Waals surface area contributed by atoms with E-state index in [2.05, 4.69) is 12.2 Å². The summed E-state index contributed by atoms with van der Waals surface area (Å²) in [6.45, 7) is 3.59. The molecule has 0 amide bonds. The van der Waals surface area contributed by atoms with Crippen molar-refractivity contribution in [1.29, 1.82) is 0 Å². The molecule has 0 spiro atoms. The molecule has 0 bridgehead atoms. The van der Waals surface area contributed by atoms with E-state index in [-0.39, 0.29) is 6.04 Å². The highest BCUT2D eigenvalue weighted by Crippen LogP contribution is 2.26. The van der Waals surface area contributed by atoms with Gasteiger partial charge in [0.2, 0.25) is 0 Å². The molecule has 1 aliphatic carbocycles. The molecule has 1 saturated heterocycles. The summed E-state index contributed by atoms with van der Waals surface area (Å²) in [6, 6.07) is -0.0758. The predicted molar refractivity (Wildman–Crippen MR) is 52.1 cm³/mol. The molecule has 2 rings (SSSR count). The number of rotatable bonds is 1. The molecule has 1 fully saturated rings. The van der Waals surface area contributed by atoms with Crippen LogP contribution in [0, 0.1) is 5.92 Å². The molecule has 1 aliphatic heterocycles. The van der Waals surface area contributed by atoms with E-state index >= 15 is 0 Å². The van der Waals surface area contributed by atoms with Crippen LogP contribution in [-0.2, 0) is 4.74 Å². The first-order valence-electron chi connectivity index (χ1n) is 4.63. The van der Waals surface area contributed by atoms with Crippen LogP contribution in [0.25, 0.3) is 0 Å². The summed E-state index contributed by atoms with van der Waals surface area (Å²) in [5.41, 5.74) is 12.8.